The van der Waals surface area contributed by atoms with Gasteiger partial charge in [0, 0.05) is 19.5 Å². The predicted octanol–water partition coefficient (Wildman–Crippen LogP) is 4.58. The predicted molar refractivity (Wildman–Crippen MR) is 93.4 cm³/mol. The third-order valence-electron chi connectivity index (χ3n) is 4.71. The molecule has 0 bridgehead atoms. The van der Waals surface area contributed by atoms with E-state index in [1.807, 2.05) is 6.20 Å². The zero-order valence-corrected chi connectivity index (χ0v) is 14.0. The molecular formula is C19H23N3. The first kappa shape index (κ1) is 14.8. The van der Waals surface area contributed by atoms with Crippen molar-refractivity contribution in [3.05, 3.63) is 53.2 Å². The Bertz CT molecular complexity index is 733. The second kappa shape index (κ2) is 5.24. The minimum absolute atomic E-state index is 0.277. The number of fused-ring (bicyclic) bond motifs is 1. The van der Waals surface area contributed by atoms with Gasteiger partial charge in [-0.05, 0) is 42.5 Å². The van der Waals surface area contributed by atoms with Gasteiger partial charge in [0.05, 0.1) is 5.54 Å². The summed E-state index contributed by atoms with van der Waals surface area (Å²) in [5.74, 6) is 1.39. The van der Waals surface area contributed by atoms with Crippen LogP contribution in [0.5, 0.6) is 0 Å². The molecule has 2 aromatic rings. The van der Waals surface area contributed by atoms with Crippen LogP contribution in [0.3, 0.4) is 0 Å². The fourth-order valence-corrected chi connectivity index (χ4v) is 3.19. The summed E-state index contributed by atoms with van der Waals surface area (Å²) in [5.41, 5.74) is 4.52. The van der Waals surface area contributed by atoms with Crippen molar-refractivity contribution in [2.24, 2.45) is 4.99 Å². The Hall–Kier alpha value is -2.16. The first-order valence-corrected chi connectivity index (χ1v) is 7.79. The molecule has 3 nitrogen and oxygen atoms in total. The minimum Gasteiger partial charge on any atom is -0.343 e. The van der Waals surface area contributed by atoms with Gasteiger partial charge < -0.3 is 4.90 Å². The monoisotopic (exact) mass is 293 g/mol. The van der Waals surface area contributed by atoms with E-state index in [-0.39, 0.29) is 5.54 Å². The van der Waals surface area contributed by atoms with Gasteiger partial charge in [0.2, 0.25) is 0 Å². The Labute approximate surface area is 132 Å². The van der Waals surface area contributed by atoms with E-state index < -0.39 is 0 Å². The quantitative estimate of drug-likeness (QED) is 0.810. The fourth-order valence-electron chi connectivity index (χ4n) is 3.19. The molecule has 3 heteroatoms. The van der Waals surface area contributed by atoms with E-state index in [4.69, 9.17) is 4.99 Å². The maximum atomic E-state index is 4.81. The molecule has 114 valence electrons. The first-order chi connectivity index (χ1) is 10.4. The maximum absolute atomic E-state index is 4.81. The summed E-state index contributed by atoms with van der Waals surface area (Å²) in [7, 11) is 2.10. The maximum Gasteiger partial charge on any atom is 0.155 e. The van der Waals surface area contributed by atoms with Crippen LogP contribution < -0.4 is 4.90 Å². The second-order valence-corrected chi connectivity index (χ2v) is 6.51. The van der Waals surface area contributed by atoms with Crippen LogP contribution in [0.25, 0.3) is 0 Å². The van der Waals surface area contributed by atoms with Crippen molar-refractivity contribution in [2.75, 3.05) is 11.9 Å². The molecule has 3 rings (SSSR count). The van der Waals surface area contributed by atoms with Crippen LogP contribution in [0, 0.1) is 6.92 Å². The Kier molecular flexibility index (Phi) is 3.51. The molecule has 1 aromatic carbocycles. The highest BCUT2D eigenvalue weighted by Crippen LogP contribution is 2.43. The summed E-state index contributed by atoms with van der Waals surface area (Å²) < 4.78 is 0. The van der Waals surface area contributed by atoms with E-state index >= 15 is 0 Å². The van der Waals surface area contributed by atoms with Gasteiger partial charge in [0.15, 0.2) is 5.82 Å². The molecule has 0 aliphatic carbocycles. The Morgan fingerprint density at radius 1 is 1.14 bits per heavy atom. The van der Waals surface area contributed by atoms with Gasteiger partial charge in [-0.1, -0.05) is 38.1 Å². The van der Waals surface area contributed by atoms with Crippen LogP contribution in [0.1, 0.15) is 43.4 Å². The highest BCUT2D eigenvalue weighted by Gasteiger charge is 2.36. The molecule has 0 radical (unpaired) electrons. The fraction of sp³-hybridized carbons (Fsp3) is 0.368. The van der Waals surface area contributed by atoms with Gasteiger partial charge in [-0.15, -0.1) is 0 Å². The van der Waals surface area contributed by atoms with E-state index in [0.29, 0.717) is 5.92 Å². The zero-order chi connectivity index (χ0) is 15.9. The van der Waals surface area contributed by atoms with Crippen LogP contribution in [-0.2, 0) is 5.54 Å². The number of hydrogen-bond donors (Lipinski definition) is 0. The number of benzene rings is 1. The van der Waals surface area contributed by atoms with E-state index in [2.05, 4.69) is 81.2 Å². The molecule has 0 fully saturated rings. The number of pyridine rings is 1. The van der Waals surface area contributed by atoms with Crippen molar-refractivity contribution >= 4 is 17.7 Å². The lowest BCUT2D eigenvalue weighted by molar-refractivity contribution is 0.614. The summed E-state index contributed by atoms with van der Waals surface area (Å²) in [6.45, 7) is 8.74. The molecule has 1 aromatic heterocycles. The standard InChI is InChI=1S/C19H23N3/c1-13(2)15-10-11-20-18-17(15)21-12-19(4,22(18)5)16-9-7-6-8-14(16)3/h6-13H,1-5H3. The Morgan fingerprint density at radius 2 is 1.86 bits per heavy atom. The van der Waals surface area contributed by atoms with Crippen LogP contribution in [0.2, 0.25) is 0 Å². The van der Waals surface area contributed by atoms with E-state index in [9.17, 15) is 0 Å². The number of nitrogens with zero attached hydrogens (tertiary/aromatic N) is 3. The molecule has 1 aliphatic heterocycles. The van der Waals surface area contributed by atoms with Crippen molar-refractivity contribution in [1.29, 1.82) is 0 Å². The van der Waals surface area contributed by atoms with E-state index in [1.54, 1.807) is 0 Å². The number of rotatable bonds is 2. The molecule has 2 heterocycles. The van der Waals surface area contributed by atoms with Gasteiger partial charge in [0.25, 0.3) is 0 Å². The molecule has 0 saturated heterocycles. The largest absolute Gasteiger partial charge is 0.343 e. The number of aliphatic imine (C=N–C) groups is 1. The number of anilines is 1. The lowest BCUT2D eigenvalue weighted by atomic mass is 9.86. The molecule has 1 atom stereocenters. The van der Waals surface area contributed by atoms with Gasteiger partial charge in [-0.3, -0.25) is 4.99 Å². The minimum atomic E-state index is -0.277. The highest BCUT2D eigenvalue weighted by molar-refractivity contribution is 5.88. The second-order valence-electron chi connectivity index (χ2n) is 6.51. The lowest BCUT2D eigenvalue weighted by Gasteiger charge is -2.41. The van der Waals surface area contributed by atoms with E-state index in [0.717, 1.165) is 11.5 Å². The number of hydrogen-bond acceptors (Lipinski definition) is 3. The van der Waals surface area contributed by atoms with E-state index in [1.165, 1.54) is 16.7 Å². The van der Waals surface area contributed by atoms with Gasteiger partial charge in [-0.25, -0.2) is 4.98 Å². The Balaban J connectivity index is 2.16. The first-order valence-electron chi connectivity index (χ1n) is 7.79. The van der Waals surface area contributed by atoms with Crippen LogP contribution in [-0.4, -0.2) is 18.2 Å². The number of aromatic nitrogens is 1. The van der Waals surface area contributed by atoms with Crippen LogP contribution in [0.4, 0.5) is 11.5 Å². The SMILES string of the molecule is Cc1ccccc1C1(C)C=Nc2c(C(C)C)ccnc2N1C. The third kappa shape index (κ3) is 2.12. The zero-order valence-electron chi connectivity index (χ0n) is 14.0. The lowest BCUT2D eigenvalue weighted by Crippen LogP contribution is -2.45. The summed E-state index contributed by atoms with van der Waals surface area (Å²) >= 11 is 0. The topological polar surface area (TPSA) is 28.5 Å². The summed E-state index contributed by atoms with van der Waals surface area (Å²) in [6.07, 6.45) is 3.95. The summed E-state index contributed by atoms with van der Waals surface area (Å²) in [4.78, 5) is 11.7. The average molecular weight is 293 g/mol. The molecule has 1 unspecified atom stereocenters. The van der Waals surface area contributed by atoms with Crippen molar-refractivity contribution in [3.8, 4) is 0 Å². The third-order valence-corrected chi connectivity index (χ3v) is 4.71. The molecule has 0 saturated carbocycles. The molecule has 22 heavy (non-hydrogen) atoms. The van der Waals surface area contributed by atoms with Crippen LogP contribution >= 0.6 is 0 Å². The number of aryl methyl sites for hydroxylation is 1. The summed E-state index contributed by atoms with van der Waals surface area (Å²) in [5, 5.41) is 0. The van der Waals surface area contributed by atoms with Crippen molar-refractivity contribution in [1.82, 2.24) is 4.98 Å². The smallest absolute Gasteiger partial charge is 0.155 e. The molecule has 0 spiro atoms. The molecule has 1 aliphatic rings. The average Bonchev–Trinajstić information content (AvgIpc) is 2.51. The van der Waals surface area contributed by atoms with Gasteiger partial charge in [0.1, 0.15) is 5.69 Å². The van der Waals surface area contributed by atoms with Crippen molar-refractivity contribution in [3.63, 3.8) is 0 Å². The van der Waals surface area contributed by atoms with Gasteiger partial charge in [-0.2, -0.15) is 0 Å². The molecule has 0 N–H and O–H groups in total. The van der Waals surface area contributed by atoms with Crippen LogP contribution in [0.15, 0.2) is 41.5 Å². The van der Waals surface area contributed by atoms with Gasteiger partial charge >= 0.3 is 0 Å². The Morgan fingerprint density at radius 3 is 2.55 bits per heavy atom. The van der Waals surface area contributed by atoms with Crippen molar-refractivity contribution in [2.45, 2.75) is 39.2 Å². The summed E-state index contributed by atoms with van der Waals surface area (Å²) in [6, 6.07) is 10.6. The van der Waals surface area contributed by atoms with Crippen molar-refractivity contribution < 1.29 is 0 Å². The molecular weight excluding hydrogens is 270 g/mol. The molecule has 0 amide bonds. The normalized spacial score (nSPS) is 20.4. The highest BCUT2D eigenvalue weighted by atomic mass is 15.3.